The molecule has 9 heteroatoms. The lowest BCUT2D eigenvalue weighted by Gasteiger charge is -2.20. The molecule has 0 aromatic carbocycles. The van der Waals surface area contributed by atoms with Crippen LogP contribution in [-0.2, 0) is 11.2 Å². The Morgan fingerprint density at radius 3 is 2.48 bits per heavy atom. The summed E-state index contributed by atoms with van der Waals surface area (Å²) in [5.41, 5.74) is -0.181. The number of nitrogens with zero attached hydrogens (tertiary/aromatic N) is 3. The summed E-state index contributed by atoms with van der Waals surface area (Å²) in [5.74, 6) is -1.03. The average Bonchev–Trinajstić information content (AvgIpc) is 2.38. The molecule has 0 aliphatic heterocycles. The van der Waals surface area contributed by atoms with E-state index in [0.29, 0.717) is 13.1 Å². The molecule has 0 radical (unpaired) electrons. The van der Waals surface area contributed by atoms with Crippen LogP contribution in [0.1, 0.15) is 19.4 Å². The Bertz CT molecular complexity index is 490. The van der Waals surface area contributed by atoms with E-state index in [1.807, 2.05) is 13.8 Å². The Balaban J connectivity index is 3.09. The molecule has 0 unspecified atom stereocenters. The first kappa shape index (κ1) is 17.0. The zero-order valence-corrected chi connectivity index (χ0v) is 11.7. The summed E-state index contributed by atoms with van der Waals surface area (Å²) in [6.07, 6.45) is -4.55. The second-order valence-electron chi connectivity index (χ2n) is 4.26. The zero-order chi connectivity index (χ0) is 16.0. The Labute approximate surface area is 120 Å². The molecule has 0 aliphatic rings. The summed E-state index contributed by atoms with van der Waals surface area (Å²) >= 11 is 0. The van der Waals surface area contributed by atoms with Crippen LogP contribution in [0.2, 0.25) is 0 Å². The molecule has 21 heavy (non-hydrogen) atoms. The third-order valence-electron chi connectivity index (χ3n) is 2.70. The van der Waals surface area contributed by atoms with E-state index in [2.05, 4.69) is 15.3 Å². The number of nitrogens with one attached hydrogen (secondary N) is 1. The smallest absolute Gasteiger partial charge is 0.393 e. The number of hydrogen-bond donors (Lipinski definition) is 2. The second kappa shape index (κ2) is 7.09. The number of rotatable bonds is 7. The number of carboxylic acids is 1. The monoisotopic (exact) mass is 306 g/mol. The first-order valence-electron chi connectivity index (χ1n) is 6.40. The van der Waals surface area contributed by atoms with Crippen LogP contribution in [-0.4, -0.2) is 46.9 Å². The molecule has 0 aliphatic carbocycles. The maximum absolute atomic E-state index is 12.5. The van der Waals surface area contributed by atoms with Crippen molar-refractivity contribution in [1.29, 1.82) is 0 Å². The maximum Gasteiger partial charge on any atom is 0.393 e. The molecule has 2 N–H and O–H groups in total. The van der Waals surface area contributed by atoms with Crippen molar-refractivity contribution in [3.8, 4) is 0 Å². The quantitative estimate of drug-likeness (QED) is 0.801. The van der Waals surface area contributed by atoms with E-state index >= 15 is 0 Å². The van der Waals surface area contributed by atoms with Crippen LogP contribution in [0.3, 0.4) is 0 Å². The maximum atomic E-state index is 12.5. The van der Waals surface area contributed by atoms with Gasteiger partial charge in [-0.1, -0.05) is 0 Å². The van der Waals surface area contributed by atoms with Crippen molar-refractivity contribution in [3.05, 3.63) is 11.8 Å². The standard InChI is InChI=1S/C12H17F3N4O2/c1-3-19(4-2)11-17-6-8(5-12(13,14)15)10(18-11)16-7-9(20)21/h6H,3-5,7H2,1-2H3,(H,20,21)(H,16,17,18). The van der Waals surface area contributed by atoms with Crippen molar-refractivity contribution < 1.29 is 23.1 Å². The molecule has 1 aromatic rings. The minimum Gasteiger partial charge on any atom is -0.480 e. The molecule has 1 rings (SSSR count). The molecule has 1 heterocycles. The van der Waals surface area contributed by atoms with Crippen molar-refractivity contribution >= 4 is 17.7 Å². The Morgan fingerprint density at radius 2 is 2.00 bits per heavy atom. The van der Waals surface area contributed by atoms with Crippen LogP contribution in [0, 0.1) is 0 Å². The summed E-state index contributed by atoms with van der Waals surface area (Å²) in [7, 11) is 0. The highest BCUT2D eigenvalue weighted by molar-refractivity contribution is 5.72. The molecule has 0 saturated heterocycles. The Hall–Kier alpha value is -2.06. The molecule has 0 spiro atoms. The minimum absolute atomic E-state index is 0.105. The number of aromatic nitrogens is 2. The molecule has 0 atom stereocenters. The minimum atomic E-state index is -4.42. The van der Waals surface area contributed by atoms with E-state index in [1.165, 1.54) is 0 Å². The average molecular weight is 306 g/mol. The van der Waals surface area contributed by atoms with E-state index in [1.54, 1.807) is 4.90 Å². The van der Waals surface area contributed by atoms with Gasteiger partial charge in [-0.3, -0.25) is 4.79 Å². The Kier molecular flexibility index (Phi) is 5.74. The topological polar surface area (TPSA) is 78.4 Å². The highest BCUT2D eigenvalue weighted by Gasteiger charge is 2.30. The van der Waals surface area contributed by atoms with Gasteiger partial charge in [0.15, 0.2) is 0 Å². The highest BCUT2D eigenvalue weighted by Crippen LogP contribution is 2.25. The third-order valence-corrected chi connectivity index (χ3v) is 2.70. The summed E-state index contributed by atoms with van der Waals surface area (Å²) in [6, 6.07) is 0. The van der Waals surface area contributed by atoms with Gasteiger partial charge < -0.3 is 15.3 Å². The largest absolute Gasteiger partial charge is 0.480 e. The fourth-order valence-corrected chi connectivity index (χ4v) is 1.71. The summed E-state index contributed by atoms with van der Waals surface area (Å²) in [6.45, 7) is 4.39. The molecule has 118 valence electrons. The number of carboxylic acid groups (broad SMARTS) is 1. The van der Waals surface area contributed by atoms with Crippen LogP contribution in [0.4, 0.5) is 24.9 Å². The molecule has 0 fully saturated rings. The van der Waals surface area contributed by atoms with Gasteiger partial charge >= 0.3 is 12.1 Å². The van der Waals surface area contributed by atoms with Crippen LogP contribution in [0.5, 0.6) is 0 Å². The van der Waals surface area contributed by atoms with Gasteiger partial charge in [0.05, 0.1) is 6.42 Å². The molecule has 0 bridgehead atoms. The summed E-state index contributed by atoms with van der Waals surface area (Å²) in [5, 5.41) is 11.0. The predicted octanol–water partition coefficient (Wildman–Crippen LogP) is 1.92. The van der Waals surface area contributed by atoms with E-state index in [9.17, 15) is 18.0 Å². The fourth-order valence-electron chi connectivity index (χ4n) is 1.71. The van der Waals surface area contributed by atoms with Crippen LogP contribution < -0.4 is 10.2 Å². The van der Waals surface area contributed by atoms with E-state index in [-0.39, 0.29) is 17.3 Å². The van der Waals surface area contributed by atoms with Gasteiger partial charge in [0.1, 0.15) is 12.4 Å². The number of halogens is 3. The number of aliphatic carboxylic acids is 1. The van der Waals surface area contributed by atoms with Crippen molar-refractivity contribution in [2.24, 2.45) is 0 Å². The van der Waals surface area contributed by atoms with Gasteiger partial charge in [0, 0.05) is 24.8 Å². The summed E-state index contributed by atoms with van der Waals surface area (Å²) < 4.78 is 37.5. The molecule has 1 aromatic heterocycles. The first-order chi connectivity index (χ1) is 9.76. The van der Waals surface area contributed by atoms with Crippen LogP contribution >= 0.6 is 0 Å². The molecule has 6 nitrogen and oxygen atoms in total. The number of hydrogen-bond acceptors (Lipinski definition) is 5. The number of alkyl halides is 3. The third kappa shape index (κ3) is 5.44. The number of carbonyl (C=O) groups is 1. The van der Waals surface area contributed by atoms with E-state index in [4.69, 9.17) is 5.11 Å². The molecular weight excluding hydrogens is 289 g/mol. The van der Waals surface area contributed by atoms with Gasteiger partial charge in [-0.15, -0.1) is 0 Å². The summed E-state index contributed by atoms with van der Waals surface area (Å²) in [4.78, 5) is 20.2. The van der Waals surface area contributed by atoms with Gasteiger partial charge in [-0.2, -0.15) is 18.2 Å². The number of anilines is 2. The predicted molar refractivity (Wildman–Crippen MR) is 71.5 cm³/mol. The molecular formula is C12H17F3N4O2. The van der Waals surface area contributed by atoms with Gasteiger partial charge in [-0.05, 0) is 13.8 Å². The van der Waals surface area contributed by atoms with Crippen molar-refractivity contribution in [1.82, 2.24) is 9.97 Å². The van der Waals surface area contributed by atoms with Gasteiger partial charge in [0.25, 0.3) is 0 Å². The highest BCUT2D eigenvalue weighted by atomic mass is 19.4. The van der Waals surface area contributed by atoms with Crippen molar-refractivity contribution in [2.75, 3.05) is 29.9 Å². The zero-order valence-electron chi connectivity index (χ0n) is 11.7. The van der Waals surface area contributed by atoms with Crippen molar-refractivity contribution in [3.63, 3.8) is 0 Å². The van der Waals surface area contributed by atoms with Crippen LogP contribution in [0.25, 0.3) is 0 Å². The molecule has 0 amide bonds. The second-order valence-corrected chi connectivity index (χ2v) is 4.26. The van der Waals surface area contributed by atoms with Crippen LogP contribution in [0.15, 0.2) is 6.20 Å². The lowest BCUT2D eigenvalue weighted by Crippen LogP contribution is -2.26. The van der Waals surface area contributed by atoms with E-state index < -0.39 is 25.1 Å². The Morgan fingerprint density at radius 1 is 1.38 bits per heavy atom. The van der Waals surface area contributed by atoms with E-state index in [0.717, 1.165) is 6.20 Å². The lowest BCUT2D eigenvalue weighted by molar-refractivity contribution is -0.135. The SMILES string of the molecule is CCN(CC)c1ncc(CC(F)(F)F)c(NCC(=O)O)n1. The normalized spacial score (nSPS) is 11.3. The fraction of sp³-hybridized carbons (Fsp3) is 0.583. The lowest BCUT2D eigenvalue weighted by atomic mass is 10.2. The van der Waals surface area contributed by atoms with Gasteiger partial charge in [-0.25, -0.2) is 4.98 Å². The van der Waals surface area contributed by atoms with Crippen molar-refractivity contribution in [2.45, 2.75) is 26.4 Å². The molecule has 0 saturated carbocycles. The first-order valence-corrected chi connectivity index (χ1v) is 6.40. The van der Waals surface area contributed by atoms with Gasteiger partial charge in [0.2, 0.25) is 5.95 Å².